The number of hydrogen-bond donors (Lipinski definition) is 0. The molecule has 0 amide bonds. The zero-order chi connectivity index (χ0) is 16.7. The topological polar surface area (TPSA) is 44.1 Å². The molecule has 0 radical (unpaired) electrons. The number of rotatable bonds is 3. The van der Waals surface area contributed by atoms with Crippen LogP contribution in [0.25, 0.3) is 10.9 Å². The molecule has 0 aliphatic carbocycles. The van der Waals surface area contributed by atoms with Gasteiger partial charge in [0.05, 0.1) is 11.2 Å². The Balaban J connectivity index is 2.67. The Morgan fingerprint density at radius 3 is 2.59 bits per heavy atom. The van der Waals surface area contributed by atoms with Crippen LogP contribution >= 0.6 is 11.6 Å². The molecule has 120 valence electrons. The van der Waals surface area contributed by atoms with Gasteiger partial charge in [0.25, 0.3) is 0 Å². The first-order chi connectivity index (χ1) is 10.2. The molecule has 0 aromatic carbocycles. The van der Waals surface area contributed by atoms with Crippen LogP contribution in [0.2, 0.25) is 5.15 Å². The second-order valence-corrected chi connectivity index (χ2v) is 6.96. The van der Waals surface area contributed by atoms with E-state index < -0.39 is 5.60 Å². The molecule has 0 fully saturated rings. The SMILES string of the molecule is CCCc1nc(Cl)cc2c1c(C)c(C(=O)OC(C)(C)C)n2C. The van der Waals surface area contributed by atoms with Crippen molar-refractivity contribution in [3.05, 3.63) is 28.2 Å². The molecule has 0 saturated heterocycles. The molecule has 2 aromatic rings. The van der Waals surface area contributed by atoms with Crippen LogP contribution in [0, 0.1) is 6.92 Å². The molecule has 4 nitrogen and oxygen atoms in total. The van der Waals surface area contributed by atoms with Crippen molar-refractivity contribution in [1.82, 2.24) is 9.55 Å². The third-order valence-electron chi connectivity index (χ3n) is 3.55. The highest BCUT2D eigenvalue weighted by Crippen LogP contribution is 2.30. The minimum Gasteiger partial charge on any atom is -0.455 e. The second-order valence-electron chi connectivity index (χ2n) is 6.57. The van der Waals surface area contributed by atoms with Crippen molar-refractivity contribution in [2.75, 3.05) is 0 Å². The number of nitrogens with zero attached hydrogens (tertiary/aromatic N) is 2. The maximum atomic E-state index is 12.5. The molecule has 0 unspecified atom stereocenters. The van der Waals surface area contributed by atoms with E-state index in [4.69, 9.17) is 16.3 Å². The van der Waals surface area contributed by atoms with E-state index in [9.17, 15) is 4.79 Å². The van der Waals surface area contributed by atoms with Gasteiger partial charge in [-0.15, -0.1) is 0 Å². The average molecular weight is 323 g/mol. The number of aryl methyl sites for hydroxylation is 3. The highest BCUT2D eigenvalue weighted by molar-refractivity contribution is 6.30. The lowest BCUT2D eigenvalue weighted by atomic mass is 10.1. The minimum atomic E-state index is -0.526. The van der Waals surface area contributed by atoms with E-state index in [0.717, 1.165) is 35.0 Å². The van der Waals surface area contributed by atoms with Crippen molar-refractivity contribution in [2.45, 2.75) is 53.1 Å². The van der Waals surface area contributed by atoms with Crippen molar-refractivity contribution >= 4 is 28.5 Å². The second kappa shape index (κ2) is 5.92. The fourth-order valence-electron chi connectivity index (χ4n) is 2.75. The highest BCUT2D eigenvalue weighted by atomic mass is 35.5. The van der Waals surface area contributed by atoms with Crippen molar-refractivity contribution in [3.63, 3.8) is 0 Å². The molecule has 5 heteroatoms. The Hall–Kier alpha value is -1.55. The lowest BCUT2D eigenvalue weighted by Crippen LogP contribution is -2.25. The van der Waals surface area contributed by atoms with E-state index in [1.54, 1.807) is 6.07 Å². The van der Waals surface area contributed by atoms with Gasteiger partial charge in [-0.2, -0.15) is 0 Å². The summed E-state index contributed by atoms with van der Waals surface area (Å²) in [5, 5.41) is 1.46. The van der Waals surface area contributed by atoms with E-state index in [1.165, 1.54) is 0 Å². The number of fused-ring (bicyclic) bond motifs is 1. The molecule has 2 heterocycles. The molecular weight excluding hydrogens is 300 g/mol. The molecule has 0 spiro atoms. The number of carbonyl (C=O) groups excluding carboxylic acids is 1. The first kappa shape index (κ1) is 16.8. The van der Waals surface area contributed by atoms with Gasteiger partial charge in [0.1, 0.15) is 16.4 Å². The molecule has 0 N–H and O–H groups in total. The smallest absolute Gasteiger partial charge is 0.355 e. The van der Waals surface area contributed by atoms with Gasteiger partial charge in [-0.25, -0.2) is 9.78 Å². The van der Waals surface area contributed by atoms with Gasteiger partial charge >= 0.3 is 5.97 Å². The third-order valence-corrected chi connectivity index (χ3v) is 3.74. The van der Waals surface area contributed by atoms with Crippen molar-refractivity contribution in [2.24, 2.45) is 7.05 Å². The predicted molar refractivity (Wildman–Crippen MR) is 89.6 cm³/mol. The number of esters is 1. The normalized spacial score (nSPS) is 12.0. The third kappa shape index (κ3) is 3.12. The van der Waals surface area contributed by atoms with Gasteiger partial charge in [-0.05, 0) is 45.7 Å². The van der Waals surface area contributed by atoms with E-state index in [-0.39, 0.29) is 5.97 Å². The van der Waals surface area contributed by atoms with Crippen molar-refractivity contribution in [3.8, 4) is 0 Å². The standard InChI is InChI=1S/C17H23ClN2O2/c1-7-8-11-14-10(2)15(16(21)22-17(3,4)5)20(6)12(14)9-13(18)19-11/h9H,7-8H2,1-6H3. The first-order valence-corrected chi connectivity index (χ1v) is 7.91. The summed E-state index contributed by atoms with van der Waals surface area (Å²) in [7, 11) is 1.86. The Morgan fingerprint density at radius 1 is 1.41 bits per heavy atom. The van der Waals surface area contributed by atoms with Crippen LogP contribution in [0.3, 0.4) is 0 Å². The first-order valence-electron chi connectivity index (χ1n) is 7.53. The van der Waals surface area contributed by atoms with Crippen LogP contribution in [-0.4, -0.2) is 21.1 Å². The molecule has 0 bridgehead atoms. The van der Waals surface area contributed by atoms with E-state index >= 15 is 0 Å². The lowest BCUT2D eigenvalue weighted by molar-refractivity contribution is 0.00587. The van der Waals surface area contributed by atoms with Gasteiger partial charge < -0.3 is 9.30 Å². The molecule has 2 aromatic heterocycles. The van der Waals surface area contributed by atoms with Gasteiger partial charge in [0.2, 0.25) is 0 Å². The van der Waals surface area contributed by atoms with Crippen LogP contribution in [0.15, 0.2) is 6.07 Å². The Labute approximate surface area is 136 Å². The Morgan fingerprint density at radius 2 is 2.05 bits per heavy atom. The number of hydrogen-bond acceptors (Lipinski definition) is 3. The van der Waals surface area contributed by atoms with Crippen LogP contribution in [0.5, 0.6) is 0 Å². The summed E-state index contributed by atoms with van der Waals surface area (Å²) in [5.74, 6) is -0.317. The fraction of sp³-hybridized carbons (Fsp3) is 0.529. The Kier molecular flexibility index (Phi) is 4.52. The zero-order valence-corrected chi connectivity index (χ0v) is 14.8. The van der Waals surface area contributed by atoms with Crippen molar-refractivity contribution < 1.29 is 9.53 Å². The summed E-state index contributed by atoms with van der Waals surface area (Å²) in [6.07, 6.45) is 1.80. The van der Waals surface area contributed by atoms with E-state index in [0.29, 0.717) is 10.8 Å². The van der Waals surface area contributed by atoms with Crippen LogP contribution in [0.1, 0.15) is 55.9 Å². The summed E-state index contributed by atoms with van der Waals surface area (Å²) in [6.45, 7) is 9.63. The predicted octanol–water partition coefficient (Wildman–Crippen LogP) is 4.44. The molecule has 22 heavy (non-hydrogen) atoms. The lowest BCUT2D eigenvalue weighted by Gasteiger charge is -2.20. The largest absolute Gasteiger partial charge is 0.455 e. The monoisotopic (exact) mass is 322 g/mol. The maximum absolute atomic E-state index is 12.5. The van der Waals surface area contributed by atoms with Crippen LogP contribution < -0.4 is 0 Å². The summed E-state index contributed by atoms with van der Waals surface area (Å²) in [4.78, 5) is 17.0. The summed E-state index contributed by atoms with van der Waals surface area (Å²) in [6, 6.07) is 1.80. The summed E-state index contributed by atoms with van der Waals surface area (Å²) >= 11 is 6.14. The minimum absolute atomic E-state index is 0.317. The van der Waals surface area contributed by atoms with Gasteiger partial charge in [-0.3, -0.25) is 0 Å². The number of ether oxygens (including phenoxy) is 1. The molecule has 0 aliphatic heterocycles. The number of halogens is 1. The number of carbonyl (C=O) groups is 1. The Bertz CT molecular complexity index is 727. The molecule has 0 atom stereocenters. The zero-order valence-electron chi connectivity index (χ0n) is 14.1. The molecule has 0 aliphatic rings. The fourth-order valence-corrected chi connectivity index (χ4v) is 2.95. The molecular formula is C17H23ClN2O2. The maximum Gasteiger partial charge on any atom is 0.355 e. The summed E-state index contributed by atoms with van der Waals surface area (Å²) < 4.78 is 7.38. The summed E-state index contributed by atoms with van der Waals surface area (Å²) in [5.41, 5.74) is 2.79. The van der Waals surface area contributed by atoms with Crippen LogP contribution in [0.4, 0.5) is 0 Å². The average Bonchev–Trinajstić information content (AvgIpc) is 2.59. The van der Waals surface area contributed by atoms with Crippen LogP contribution in [-0.2, 0) is 18.2 Å². The molecule has 2 rings (SSSR count). The van der Waals surface area contributed by atoms with E-state index in [2.05, 4.69) is 11.9 Å². The van der Waals surface area contributed by atoms with Gasteiger partial charge in [0.15, 0.2) is 0 Å². The van der Waals surface area contributed by atoms with Gasteiger partial charge in [0, 0.05) is 12.4 Å². The van der Waals surface area contributed by atoms with Gasteiger partial charge in [-0.1, -0.05) is 24.9 Å². The number of aromatic nitrogens is 2. The van der Waals surface area contributed by atoms with Crippen molar-refractivity contribution in [1.29, 1.82) is 0 Å². The quantitative estimate of drug-likeness (QED) is 0.619. The highest BCUT2D eigenvalue weighted by Gasteiger charge is 2.25. The van der Waals surface area contributed by atoms with E-state index in [1.807, 2.05) is 39.3 Å². The number of pyridine rings is 1. The molecule has 0 saturated carbocycles.